The van der Waals surface area contributed by atoms with E-state index in [1.807, 2.05) is 0 Å². The smallest absolute Gasteiger partial charge is 0.285 e. The van der Waals surface area contributed by atoms with Crippen molar-refractivity contribution in [1.82, 2.24) is 10.4 Å². The number of hydrogen-bond donors (Lipinski definition) is 2. The summed E-state index contributed by atoms with van der Waals surface area (Å²) in [5.74, 6) is -0.879. The minimum absolute atomic E-state index is 0.0938. The molecule has 3 rings (SSSR count). The molecule has 2 amide bonds. The molecule has 0 bridgehead atoms. The van der Waals surface area contributed by atoms with E-state index in [1.54, 1.807) is 42.5 Å². The first-order valence-electron chi connectivity index (χ1n) is 7.08. The van der Waals surface area contributed by atoms with E-state index in [1.165, 1.54) is 12.1 Å². The number of benzene rings is 2. The zero-order valence-electron chi connectivity index (χ0n) is 12.6. The molecule has 2 N–H and O–H groups in total. The van der Waals surface area contributed by atoms with Crippen LogP contribution in [0.2, 0.25) is 5.02 Å². The van der Waals surface area contributed by atoms with Crippen molar-refractivity contribution in [1.29, 1.82) is 0 Å². The van der Waals surface area contributed by atoms with Crippen molar-refractivity contribution in [3.63, 3.8) is 0 Å². The molecule has 25 heavy (non-hydrogen) atoms. The van der Waals surface area contributed by atoms with E-state index in [2.05, 4.69) is 5.43 Å². The van der Waals surface area contributed by atoms with Crippen LogP contribution in [0.25, 0.3) is 6.08 Å². The van der Waals surface area contributed by atoms with Gasteiger partial charge in [-0.25, -0.2) is 0 Å². The predicted octanol–water partition coefficient (Wildman–Crippen LogP) is 3.59. The lowest BCUT2D eigenvalue weighted by molar-refractivity contribution is -0.123. The Balaban J connectivity index is 1.80. The highest BCUT2D eigenvalue weighted by Gasteiger charge is 2.34. The second-order valence-electron chi connectivity index (χ2n) is 5.03. The van der Waals surface area contributed by atoms with Gasteiger partial charge in [0.2, 0.25) is 0 Å². The molecule has 0 unspecified atom stereocenters. The van der Waals surface area contributed by atoms with Crippen molar-refractivity contribution in [2.45, 2.75) is 0 Å². The average Bonchev–Trinajstić information content (AvgIpc) is 2.83. The fraction of sp³-hybridized carbons (Fsp3) is 0. The summed E-state index contributed by atoms with van der Waals surface area (Å²) in [6.07, 6.45) is 1.60. The second-order valence-corrected chi connectivity index (χ2v) is 7.12. The molecule has 8 heteroatoms. The maximum Gasteiger partial charge on any atom is 0.285 e. The van der Waals surface area contributed by atoms with Crippen molar-refractivity contribution >= 4 is 57.8 Å². The number of carbonyl (C=O) groups is 2. The Morgan fingerprint density at radius 1 is 1.24 bits per heavy atom. The first-order chi connectivity index (χ1) is 12.0. The van der Waals surface area contributed by atoms with Crippen molar-refractivity contribution in [3.8, 4) is 5.75 Å². The highest BCUT2D eigenvalue weighted by atomic mass is 35.5. The monoisotopic (exact) mass is 390 g/mol. The Labute approximate surface area is 158 Å². The van der Waals surface area contributed by atoms with Crippen molar-refractivity contribution < 1.29 is 14.7 Å². The van der Waals surface area contributed by atoms with Crippen LogP contribution in [-0.4, -0.2) is 26.3 Å². The van der Waals surface area contributed by atoms with Crippen LogP contribution in [0.1, 0.15) is 15.9 Å². The molecule has 0 atom stereocenters. The lowest BCUT2D eigenvalue weighted by atomic mass is 10.2. The fourth-order valence-electron chi connectivity index (χ4n) is 2.14. The summed E-state index contributed by atoms with van der Waals surface area (Å²) in [6.45, 7) is 0. The minimum atomic E-state index is -0.527. The number of amides is 2. The maximum atomic E-state index is 12.5. The Hall–Kier alpha value is -2.35. The molecule has 5 nitrogen and oxygen atoms in total. The van der Waals surface area contributed by atoms with Gasteiger partial charge in [-0.1, -0.05) is 47.6 Å². The van der Waals surface area contributed by atoms with Gasteiger partial charge in [-0.05, 0) is 48.1 Å². The quantitative estimate of drug-likeness (QED) is 0.619. The number of rotatable bonds is 3. The van der Waals surface area contributed by atoms with Gasteiger partial charge in [0.15, 0.2) is 4.32 Å². The number of halogens is 1. The minimum Gasteiger partial charge on any atom is -0.508 e. The number of carbonyl (C=O) groups excluding carboxylic acids is 2. The molecule has 1 heterocycles. The molecule has 126 valence electrons. The lowest BCUT2D eigenvalue weighted by Crippen LogP contribution is -2.44. The number of phenols is 1. The molecular formula is C17H11ClN2O3S2. The Morgan fingerprint density at radius 2 is 2.00 bits per heavy atom. The molecule has 0 aliphatic carbocycles. The average molecular weight is 391 g/mol. The third kappa shape index (κ3) is 3.84. The number of thioether (sulfide) groups is 1. The molecule has 0 aromatic heterocycles. The number of hydrazine groups is 1. The zero-order valence-corrected chi connectivity index (χ0v) is 15.0. The topological polar surface area (TPSA) is 69.6 Å². The molecule has 1 aliphatic heterocycles. The summed E-state index contributed by atoms with van der Waals surface area (Å²) in [6, 6.07) is 13.0. The lowest BCUT2D eigenvalue weighted by Gasteiger charge is -2.16. The van der Waals surface area contributed by atoms with Gasteiger partial charge < -0.3 is 5.11 Å². The van der Waals surface area contributed by atoms with Gasteiger partial charge >= 0.3 is 0 Å². The summed E-state index contributed by atoms with van der Waals surface area (Å²) in [7, 11) is 0. The Kier molecular flexibility index (Phi) is 5.08. The number of aromatic hydroxyl groups is 1. The van der Waals surface area contributed by atoms with Crippen molar-refractivity contribution in [2.75, 3.05) is 0 Å². The molecule has 2 aromatic carbocycles. The highest BCUT2D eigenvalue weighted by Crippen LogP contribution is 2.32. The summed E-state index contributed by atoms with van der Waals surface area (Å²) in [5.41, 5.74) is 3.37. The predicted molar refractivity (Wildman–Crippen MR) is 102 cm³/mol. The highest BCUT2D eigenvalue weighted by molar-refractivity contribution is 8.26. The normalized spacial score (nSPS) is 15.7. The molecule has 1 aliphatic rings. The first kappa shape index (κ1) is 17.5. The maximum absolute atomic E-state index is 12.5. The Morgan fingerprint density at radius 3 is 2.72 bits per heavy atom. The summed E-state index contributed by atoms with van der Waals surface area (Å²) in [4.78, 5) is 25.2. The van der Waals surface area contributed by atoms with Gasteiger partial charge in [0.25, 0.3) is 11.8 Å². The third-order valence-electron chi connectivity index (χ3n) is 3.29. The van der Waals surface area contributed by atoms with Gasteiger partial charge in [0.05, 0.1) is 15.5 Å². The van der Waals surface area contributed by atoms with Gasteiger partial charge in [0.1, 0.15) is 5.75 Å². The number of nitrogens with one attached hydrogen (secondary N) is 1. The van der Waals surface area contributed by atoms with Crippen LogP contribution >= 0.6 is 35.6 Å². The fourth-order valence-corrected chi connectivity index (χ4v) is 3.54. The molecular weight excluding hydrogens is 380 g/mol. The van der Waals surface area contributed by atoms with Crippen LogP contribution in [0, 0.1) is 0 Å². The second kappa shape index (κ2) is 7.26. The van der Waals surface area contributed by atoms with Crippen LogP contribution in [0.5, 0.6) is 5.75 Å². The van der Waals surface area contributed by atoms with E-state index < -0.39 is 11.8 Å². The number of thiocarbonyl (C=S) groups is 1. The molecule has 0 spiro atoms. The van der Waals surface area contributed by atoms with Crippen LogP contribution in [0.15, 0.2) is 53.4 Å². The number of hydrogen-bond acceptors (Lipinski definition) is 5. The van der Waals surface area contributed by atoms with Crippen molar-refractivity contribution in [2.24, 2.45) is 0 Å². The van der Waals surface area contributed by atoms with Crippen LogP contribution in [0.3, 0.4) is 0 Å². The largest absolute Gasteiger partial charge is 0.508 e. The van der Waals surface area contributed by atoms with Gasteiger partial charge in [-0.2, -0.15) is 5.01 Å². The zero-order chi connectivity index (χ0) is 18.0. The third-order valence-corrected chi connectivity index (χ3v) is 4.93. The molecule has 0 saturated carbocycles. The van der Waals surface area contributed by atoms with E-state index in [-0.39, 0.29) is 20.7 Å². The summed E-state index contributed by atoms with van der Waals surface area (Å²) >= 11 is 12.2. The van der Waals surface area contributed by atoms with E-state index in [4.69, 9.17) is 23.8 Å². The number of nitrogens with zero attached hydrogens (tertiary/aromatic N) is 1. The molecule has 1 fully saturated rings. The summed E-state index contributed by atoms with van der Waals surface area (Å²) in [5, 5.41) is 10.8. The number of phenolic OH excluding ortho intramolecular Hbond substituents is 1. The van der Waals surface area contributed by atoms with E-state index >= 15 is 0 Å². The van der Waals surface area contributed by atoms with Crippen LogP contribution in [-0.2, 0) is 4.79 Å². The van der Waals surface area contributed by atoms with E-state index in [9.17, 15) is 14.7 Å². The molecule has 0 radical (unpaired) electrons. The molecule has 2 aromatic rings. The standard InChI is InChI=1S/C17H11ClN2O3S2/c18-13-7-2-1-6-12(13)15(22)19-20-16(23)14(25-17(20)24)9-10-4-3-5-11(21)8-10/h1-9,21H,(H,19,22)/b14-9-. The van der Waals surface area contributed by atoms with Crippen molar-refractivity contribution in [3.05, 3.63) is 69.6 Å². The van der Waals surface area contributed by atoms with Gasteiger partial charge in [-0.3, -0.25) is 15.0 Å². The first-order valence-corrected chi connectivity index (χ1v) is 8.68. The van der Waals surface area contributed by atoms with Crippen LogP contribution in [0.4, 0.5) is 0 Å². The van der Waals surface area contributed by atoms with E-state index in [0.29, 0.717) is 10.5 Å². The Bertz CT molecular complexity index is 914. The van der Waals surface area contributed by atoms with Crippen LogP contribution < -0.4 is 5.43 Å². The molecule has 1 saturated heterocycles. The SMILES string of the molecule is O=C(NN1C(=O)/C(=C/c2cccc(O)c2)SC1=S)c1ccccc1Cl. The van der Waals surface area contributed by atoms with E-state index in [0.717, 1.165) is 16.8 Å². The summed E-state index contributed by atoms with van der Waals surface area (Å²) < 4.78 is 0.205. The van der Waals surface area contributed by atoms with Gasteiger partial charge in [-0.15, -0.1) is 0 Å². The van der Waals surface area contributed by atoms with Gasteiger partial charge in [0, 0.05) is 0 Å².